The zero-order chi connectivity index (χ0) is 20.8. The predicted molar refractivity (Wildman–Crippen MR) is 110 cm³/mol. The first-order chi connectivity index (χ1) is 13.8. The Bertz CT molecular complexity index is 1080. The average molecular weight is 418 g/mol. The van der Waals surface area contributed by atoms with Gasteiger partial charge in [-0.15, -0.1) is 0 Å². The van der Waals surface area contributed by atoms with Gasteiger partial charge in [-0.25, -0.2) is 17.5 Å². The molecule has 0 saturated carbocycles. The molecule has 0 spiro atoms. The second-order valence-electron chi connectivity index (χ2n) is 7.63. The van der Waals surface area contributed by atoms with Crippen molar-refractivity contribution < 1.29 is 17.6 Å². The van der Waals surface area contributed by atoms with Crippen LogP contribution in [0.1, 0.15) is 48.9 Å². The molecule has 0 saturated heterocycles. The third-order valence-corrected chi connectivity index (χ3v) is 7.29. The number of anilines is 1. The summed E-state index contributed by atoms with van der Waals surface area (Å²) in [6, 6.07) is 2.88. The Hall–Kier alpha value is -2.32. The fraction of sp³-hybridized carbons (Fsp3) is 0.429. The van der Waals surface area contributed by atoms with Crippen molar-refractivity contribution in [3.63, 3.8) is 0 Å². The maximum atomic E-state index is 15.1. The van der Waals surface area contributed by atoms with Gasteiger partial charge in [0.1, 0.15) is 5.82 Å². The Labute approximate surface area is 170 Å². The van der Waals surface area contributed by atoms with Crippen LogP contribution in [0.2, 0.25) is 0 Å². The van der Waals surface area contributed by atoms with Crippen LogP contribution in [0.5, 0.6) is 0 Å². The lowest BCUT2D eigenvalue weighted by Gasteiger charge is -2.29. The van der Waals surface area contributed by atoms with E-state index in [4.69, 9.17) is 0 Å². The van der Waals surface area contributed by atoms with Crippen molar-refractivity contribution >= 4 is 21.6 Å². The van der Waals surface area contributed by atoms with Crippen molar-refractivity contribution in [1.29, 1.82) is 0 Å². The van der Waals surface area contributed by atoms with Crippen molar-refractivity contribution in [2.24, 2.45) is 0 Å². The molecule has 0 fully saturated rings. The molecule has 2 aliphatic rings. The van der Waals surface area contributed by atoms with E-state index in [-0.39, 0.29) is 17.7 Å². The maximum absolute atomic E-state index is 15.1. The molecule has 0 bridgehead atoms. The van der Waals surface area contributed by atoms with Crippen molar-refractivity contribution in [2.45, 2.75) is 45.1 Å². The van der Waals surface area contributed by atoms with Crippen LogP contribution in [0, 0.1) is 5.82 Å². The normalized spacial score (nSPS) is 19.1. The highest BCUT2D eigenvalue weighted by Crippen LogP contribution is 2.39. The molecular weight excluding hydrogens is 393 g/mol. The number of aryl methyl sites for hydroxylation is 1. The number of hydrogen-bond donors (Lipinski definition) is 1. The molecule has 1 aliphatic heterocycles. The Morgan fingerprint density at radius 3 is 2.76 bits per heavy atom. The molecule has 1 aliphatic carbocycles. The SMILES string of the molecule is CCS(=O)(=O)N[C@@H]1CCCc2c(-c3cc4c(cc3F)N(C)C(=O)CC4)cncc21. The van der Waals surface area contributed by atoms with Crippen LogP contribution >= 0.6 is 0 Å². The lowest BCUT2D eigenvalue weighted by Crippen LogP contribution is -2.32. The van der Waals surface area contributed by atoms with Crippen LogP contribution in [0.15, 0.2) is 24.5 Å². The van der Waals surface area contributed by atoms with Crippen LogP contribution in [0.4, 0.5) is 10.1 Å². The van der Waals surface area contributed by atoms with Crippen LogP contribution in [-0.2, 0) is 27.7 Å². The number of nitrogens with zero attached hydrogens (tertiary/aromatic N) is 2. The fourth-order valence-corrected chi connectivity index (χ4v) is 5.09. The number of amides is 1. The molecular formula is C21H24FN3O3S. The van der Waals surface area contributed by atoms with E-state index < -0.39 is 15.8 Å². The molecule has 0 unspecified atom stereocenters. The highest BCUT2D eigenvalue weighted by Gasteiger charge is 2.28. The van der Waals surface area contributed by atoms with E-state index >= 15 is 4.39 Å². The summed E-state index contributed by atoms with van der Waals surface area (Å²) in [5.41, 5.74) is 4.44. The second kappa shape index (κ2) is 7.50. The van der Waals surface area contributed by atoms with Gasteiger partial charge in [-0.3, -0.25) is 9.78 Å². The summed E-state index contributed by atoms with van der Waals surface area (Å²) in [5.74, 6) is -0.413. The lowest BCUT2D eigenvalue weighted by atomic mass is 9.84. The average Bonchev–Trinajstić information content (AvgIpc) is 2.71. The smallest absolute Gasteiger partial charge is 0.227 e. The van der Waals surface area contributed by atoms with E-state index in [0.717, 1.165) is 29.5 Å². The fourth-order valence-electron chi connectivity index (χ4n) is 4.25. The summed E-state index contributed by atoms with van der Waals surface area (Å²) < 4.78 is 42.0. The van der Waals surface area contributed by atoms with Gasteiger partial charge >= 0.3 is 0 Å². The summed E-state index contributed by atoms with van der Waals surface area (Å²) >= 11 is 0. The molecule has 1 aromatic heterocycles. The number of aromatic nitrogens is 1. The molecule has 2 aromatic rings. The standard InChI is InChI=1S/C21H24FN3O3S/c1-3-29(27,28)24-19-6-4-5-14-16(11-23-12-17(14)19)15-9-13-7-8-21(26)25(2)20(13)10-18(15)22/h9-12,19,24H,3-8H2,1-2H3/t19-/m1/s1. The van der Waals surface area contributed by atoms with E-state index in [2.05, 4.69) is 9.71 Å². The molecule has 0 radical (unpaired) electrons. The number of rotatable bonds is 4. The van der Waals surface area contributed by atoms with E-state index in [0.29, 0.717) is 36.1 Å². The quantitative estimate of drug-likeness (QED) is 0.829. The van der Waals surface area contributed by atoms with Crippen LogP contribution in [0.3, 0.4) is 0 Å². The number of halogens is 1. The Morgan fingerprint density at radius 2 is 2.00 bits per heavy atom. The number of hydrogen-bond acceptors (Lipinski definition) is 4. The van der Waals surface area contributed by atoms with Crippen LogP contribution in [0.25, 0.3) is 11.1 Å². The number of carbonyl (C=O) groups excluding carboxylic acids is 1. The highest BCUT2D eigenvalue weighted by molar-refractivity contribution is 7.89. The number of sulfonamides is 1. The molecule has 1 atom stereocenters. The summed E-state index contributed by atoms with van der Waals surface area (Å²) in [6.45, 7) is 1.60. The zero-order valence-corrected chi connectivity index (χ0v) is 17.4. The van der Waals surface area contributed by atoms with Gasteiger partial charge in [0.2, 0.25) is 15.9 Å². The molecule has 1 amide bonds. The molecule has 4 rings (SSSR count). The number of fused-ring (bicyclic) bond motifs is 2. The summed E-state index contributed by atoms with van der Waals surface area (Å²) in [5, 5.41) is 0. The predicted octanol–water partition coefficient (Wildman–Crippen LogP) is 3.11. The van der Waals surface area contributed by atoms with Gasteiger partial charge in [0, 0.05) is 48.7 Å². The Balaban J connectivity index is 1.79. The van der Waals surface area contributed by atoms with Gasteiger partial charge in [0.25, 0.3) is 0 Å². The third kappa shape index (κ3) is 3.67. The van der Waals surface area contributed by atoms with E-state index in [9.17, 15) is 13.2 Å². The monoisotopic (exact) mass is 417 g/mol. The summed E-state index contributed by atoms with van der Waals surface area (Å²) in [4.78, 5) is 17.7. The van der Waals surface area contributed by atoms with E-state index in [1.807, 2.05) is 6.07 Å². The van der Waals surface area contributed by atoms with Gasteiger partial charge in [-0.1, -0.05) is 0 Å². The molecule has 8 heteroatoms. The molecule has 154 valence electrons. The highest BCUT2D eigenvalue weighted by atomic mass is 32.2. The van der Waals surface area contributed by atoms with Crippen molar-refractivity contribution in [3.05, 3.63) is 47.0 Å². The molecule has 1 aromatic carbocycles. The van der Waals surface area contributed by atoms with Gasteiger partial charge in [0.15, 0.2) is 0 Å². The van der Waals surface area contributed by atoms with Crippen molar-refractivity contribution in [3.8, 4) is 11.1 Å². The Kier molecular flexibility index (Phi) is 5.16. The maximum Gasteiger partial charge on any atom is 0.227 e. The molecule has 29 heavy (non-hydrogen) atoms. The lowest BCUT2D eigenvalue weighted by molar-refractivity contribution is -0.118. The van der Waals surface area contributed by atoms with E-state index in [1.165, 1.54) is 11.0 Å². The minimum Gasteiger partial charge on any atom is -0.315 e. The van der Waals surface area contributed by atoms with Gasteiger partial charge in [-0.05, 0) is 61.4 Å². The van der Waals surface area contributed by atoms with Crippen molar-refractivity contribution in [1.82, 2.24) is 9.71 Å². The number of nitrogens with one attached hydrogen (secondary N) is 1. The topological polar surface area (TPSA) is 79.4 Å². The Morgan fingerprint density at radius 1 is 1.21 bits per heavy atom. The molecule has 2 heterocycles. The second-order valence-corrected chi connectivity index (χ2v) is 9.68. The van der Waals surface area contributed by atoms with Gasteiger partial charge in [0.05, 0.1) is 5.75 Å². The first-order valence-corrected chi connectivity index (χ1v) is 11.5. The largest absolute Gasteiger partial charge is 0.315 e. The minimum atomic E-state index is -3.36. The summed E-state index contributed by atoms with van der Waals surface area (Å²) in [7, 11) is -1.70. The number of pyridine rings is 1. The van der Waals surface area contributed by atoms with Crippen LogP contribution < -0.4 is 9.62 Å². The summed E-state index contributed by atoms with van der Waals surface area (Å²) in [6.07, 6.45) is 6.56. The molecule has 6 nitrogen and oxygen atoms in total. The first kappa shape index (κ1) is 20.0. The van der Waals surface area contributed by atoms with E-state index in [1.54, 1.807) is 26.4 Å². The zero-order valence-electron chi connectivity index (χ0n) is 16.5. The molecule has 1 N–H and O–H groups in total. The third-order valence-electron chi connectivity index (χ3n) is 5.89. The minimum absolute atomic E-state index is 0.0115. The van der Waals surface area contributed by atoms with Crippen LogP contribution in [-0.4, -0.2) is 32.1 Å². The number of carbonyl (C=O) groups is 1. The van der Waals surface area contributed by atoms with Gasteiger partial charge in [-0.2, -0.15) is 0 Å². The first-order valence-electron chi connectivity index (χ1n) is 9.87. The van der Waals surface area contributed by atoms with Gasteiger partial charge < -0.3 is 4.90 Å². The van der Waals surface area contributed by atoms with Crippen molar-refractivity contribution in [2.75, 3.05) is 17.7 Å². The number of benzene rings is 1.